The summed E-state index contributed by atoms with van der Waals surface area (Å²) in [7, 11) is 0. The van der Waals surface area contributed by atoms with Gasteiger partial charge in [0.15, 0.2) is 5.11 Å². The van der Waals surface area contributed by atoms with Crippen molar-refractivity contribution >= 4 is 23.1 Å². The van der Waals surface area contributed by atoms with Gasteiger partial charge in [-0.3, -0.25) is 0 Å². The second kappa shape index (κ2) is 6.84. The summed E-state index contributed by atoms with van der Waals surface area (Å²) in [5, 5.41) is 6.83. The number of pyridine rings is 1. The van der Waals surface area contributed by atoms with Crippen LogP contribution in [0.3, 0.4) is 0 Å². The average Bonchev–Trinajstić information content (AvgIpc) is 2.88. The molecule has 0 saturated heterocycles. The van der Waals surface area contributed by atoms with Gasteiger partial charge in [-0.2, -0.15) is 0 Å². The van der Waals surface area contributed by atoms with Crippen LogP contribution < -0.4 is 10.6 Å². The van der Waals surface area contributed by atoms with Crippen molar-refractivity contribution in [3.8, 4) is 0 Å². The minimum absolute atomic E-state index is 0.601. The minimum Gasteiger partial charge on any atom is -0.362 e. The Hall–Kier alpha value is -1.95. The van der Waals surface area contributed by atoms with E-state index < -0.39 is 0 Å². The highest BCUT2D eigenvalue weighted by Crippen LogP contribution is 2.04. The van der Waals surface area contributed by atoms with Crippen molar-refractivity contribution < 1.29 is 0 Å². The Balaban J connectivity index is 1.67. The van der Waals surface area contributed by atoms with Gasteiger partial charge in [-0.05, 0) is 43.3 Å². The summed E-state index contributed by atoms with van der Waals surface area (Å²) in [5.74, 6) is 0.770. The second-order valence-corrected chi connectivity index (χ2v) is 4.66. The van der Waals surface area contributed by atoms with Crippen LogP contribution in [0.2, 0.25) is 0 Å². The third-order valence-electron chi connectivity index (χ3n) is 2.59. The summed E-state index contributed by atoms with van der Waals surface area (Å²) in [6.45, 7) is 3.77. The molecule has 6 heteroatoms. The van der Waals surface area contributed by atoms with E-state index in [-0.39, 0.29) is 0 Å². The quantitative estimate of drug-likeness (QED) is 0.645. The Kier molecular flexibility index (Phi) is 4.85. The number of hydrogen-bond donors (Lipinski definition) is 2. The molecule has 2 N–H and O–H groups in total. The molecule has 2 rings (SSSR count). The van der Waals surface area contributed by atoms with Crippen LogP contribution in [0.25, 0.3) is 0 Å². The monoisotopic (exact) mass is 275 g/mol. The van der Waals surface area contributed by atoms with Crippen LogP contribution in [0.4, 0.5) is 5.82 Å². The molecule has 0 unspecified atom stereocenters. The van der Waals surface area contributed by atoms with Crippen molar-refractivity contribution in [1.82, 2.24) is 19.9 Å². The van der Waals surface area contributed by atoms with Gasteiger partial charge in [-0.15, -0.1) is 0 Å². The molecule has 19 heavy (non-hydrogen) atoms. The van der Waals surface area contributed by atoms with Crippen molar-refractivity contribution in [1.29, 1.82) is 0 Å². The maximum atomic E-state index is 5.21. The molecule has 0 amide bonds. The van der Waals surface area contributed by atoms with Crippen molar-refractivity contribution in [3.63, 3.8) is 0 Å². The molecule has 0 fully saturated rings. The minimum atomic E-state index is 0.601. The van der Waals surface area contributed by atoms with Gasteiger partial charge in [-0.1, -0.05) is 0 Å². The van der Waals surface area contributed by atoms with Gasteiger partial charge >= 0.3 is 0 Å². The standard InChI is InChI=1S/C13H17N5S/c1-11-3-5-15-12(9-11)17-13(19)16-4-2-7-18-8-6-14-10-18/h3,5-6,8-10H,2,4,7H2,1H3,(H2,15,16,17,19). The largest absolute Gasteiger partial charge is 0.362 e. The van der Waals surface area contributed by atoms with E-state index in [0.29, 0.717) is 5.11 Å². The number of anilines is 1. The van der Waals surface area contributed by atoms with Crippen LogP contribution in [-0.4, -0.2) is 26.2 Å². The molecule has 5 nitrogen and oxygen atoms in total. The van der Waals surface area contributed by atoms with E-state index in [2.05, 4.69) is 20.6 Å². The highest BCUT2D eigenvalue weighted by atomic mass is 32.1. The molecule has 0 aliphatic carbocycles. The average molecular weight is 275 g/mol. The molecule has 0 bridgehead atoms. The first-order valence-electron chi connectivity index (χ1n) is 6.17. The van der Waals surface area contributed by atoms with Gasteiger partial charge in [0.1, 0.15) is 5.82 Å². The third-order valence-corrected chi connectivity index (χ3v) is 2.84. The van der Waals surface area contributed by atoms with Crippen LogP contribution in [0.5, 0.6) is 0 Å². The molecule has 0 spiro atoms. The maximum Gasteiger partial charge on any atom is 0.171 e. The number of imidazole rings is 1. The second-order valence-electron chi connectivity index (χ2n) is 4.25. The fourth-order valence-electron chi connectivity index (χ4n) is 1.65. The van der Waals surface area contributed by atoms with E-state index in [4.69, 9.17) is 12.2 Å². The third kappa shape index (κ3) is 4.67. The molecule has 0 radical (unpaired) electrons. The molecular formula is C13H17N5S. The Bertz CT molecular complexity index is 524. The predicted molar refractivity (Wildman–Crippen MR) is 80.0 cm³/mol. The summed E-state index contributed by atoms with van der Waals surface area (Å²) in [5.41, 5.74) is 1.15. The lowest BCUT2D eigenvalue weighted by atomic mass is 10.3. The fourth-order valence-corrected chi connectivity index (χ4v) is 1.85. The molecule has 0 atom stereocenters. The fraction of sp³-hybridized carbons (Fsp3) is 0.308. The van der Waals surface area contributed by atoms with Crippen LogP contribution in [0, 0.1) is 6.92 Å². The van der Waals surface area contributed by atoms with Gasteiger partial charge in [0.25, 0.3) is 0 Å². The molecule has 2 heterocycles. The van der Waals surface area contributed by atoms with Crippen LogP contribution in [0.15, 0.2) is 37.1 Å². The van der Waals surface area contributed by atoms with Crippen LogP contribution >= 0.6 is 12.2 Å². The number of rotatable bonds is 5. The predicted octanol–water partition coefficient (Wildman–Crippen LogP) is 1.96. The molecule has 0 saturated carbocycles. The lowest BCUT2D eigenvalue weighted by molar-refractivity contribution is 0.632. The highest BCUT2D eigenvalue weighted by Gasteiger charge is 1.98. The Morgan fingerprint density at radius 1 is 1.42 bits per heavy atom. The number of nitrogens with zero attached hydrogens (tertiary/aromatic N) is 3. The van der Waals surface area contributed by atoms with E-state index >= 15 is 0 Å². The molecular weight excluding hydrogens is 258 g/mol. The zero-order chi connectivity index (χ0) is 13.5. The summed E-state index contributed by atoms with van der Waals surface area (Å²) < 4.78 is 2.04. The number of thiocarbonyl (C=S) groups is 1. The van der Waals surface area contributed by atoms with Crippen molar-refractivity contribution in [2.24, 2.45) is 0 Å². The lowest BCUT2D eigenvalue weighted by Gasteiger charge is -2.10. The number of hydrogen-bond acceptors (Lipinski definition) is 3. The van der Waals surface area contributed by atoms with Crippen molar-refractivity contribution in [3.05, 3.63) is 42.6 Å². The summed E-state index contributed by atoms with van der Waals surface area (Å²) in [4.78, 5) is 8.19. The topological polar surface area (TPSA) is 54.8 Å². The van der Waals surface area contributed by atoms with Gasteiger partial charge in [0.05, 0.1) is 6.33 Å². The lowest BCUT2D eigenvalue weighted by Crippen LogP contribution is -2.30. The van der Waals surface area contributed by atoms with Crippen LogP contribution in [-0.2, 0) is 6.54 Å². The Morgan fingerprint density at radius 3 is 3.05 bits per heavy atom. The first-order chi connectivity index (χ1) is 9.24. The number of aryl methyl sites for hydroxylation is 2. The van der Waals surface area contributed by atoms with E-state index in [1.54, 1.807) is 12.4 Å². The summed E-state index contributed by atoms with van der Waals surface area (Å²) >= 11 is 5.21. The maximum absolute atomic E-state index is 5.21. The summed E-state index contributed by atoms with van der Waals surface area (Å²) in [6.07, 6.45) is 8.29. The van der Waals surface area contributed by atoms with Gasteiger partial charge in [0, 0.05) is 31.7 Å². The normalized spacial score (nSPS) is 10.2. The van der Waals surface area contributed by atoms with E-state index in [1.807, 2.05) is 36.1 Å². The van der Waals surface area contributed by atoms with E-state index in [0.717, 1.165) is 30.9 Å². The smallest absolute Gasteiger partial charge is 0.171 e. The number of nitrogens with one attached hydrogen (secondary N) is 2. The first kappa shape index (κ1) is 13.5. The zero-order valence-corrected chi connectivity index (χ0v) is 11.7. The Morgan fingerprint density at radius 2 is 2.32 bits per heavy atom. The molecule has 100 valence electrons. The molecule has 0 aromatic carbocycles. The van der Waals surface area contributed by atoms with E-state index in [1.165, 1.54) is 0 Å². The zero-order valence-electron chi connectivity index (χ0n) is 10.8. The van der Waals surface area contributed by atoms with Crippen molar-refractivity contribution in [2.45, 2.75) is 19.9 Å². The first-order valence-corrected chi connectivity index (χ1v) is 6.58. The van der Waals surface area contributed by atoms with E-state index in [9.17, 15) is 0 Å². The van der Waals surface area contributed by atoms with Gasteiger partial charge in [-0.25, -0.2) is 9.97 Å². The molecule has 0 aliphatic heterocycles. The summed E-state index contributed by atoms with van der Waals surface area (Å²) in [6, 6.07) is 3.91. The van der Waals surface area contributed by atoms with Gasteiger partial charge < -0.3 is 15.2 Å². The molecule has 0 aliphatic rings. The van der Waals surface area contributed by atoms with Crippen molar-refractivity contribution in [2.75, 3.05) is 11.9 Å². The molecule has 2 aromatic rings. The highest BCUT2D eigenvalue weighted by molar-refractivity contribution is 7.80. The molecule has 2 aromatic heterocycles. The Labute approximate surface area is 118 Å². The van der Waals surface area contributed by atoms with Crippen LogP contribution in [0.1, 0.15) is 12.0 Å². The van der Waals surface area contributed by atoms with Gasteiger partial charge in [0.2, 0.25) is 0 Å². The SMILES string of the molecule is Cc1ccnc(NC(=S)NCCCn2ccnc2)c1. The number of aromatic nitrogens is 3.